The van der Waals surface area contributed by atoms with Crippen LogP contribution < -0.4 is 4.90 Å². The van der Waals surface area contributed by atoms with Crippen LogP contribution >= 0.6 is 0 Å². The minimum atomic E-state index is 0.609. The highest BCUT2D eigenvalue weighted by Crippen LogP contribution is 2.41. The first kappa shape index (κ1) is 30.4. The first-order valence-electron chi connectivity index (χ1n) is 17.4. The fourth-order valence-corrected chi connectivity index (χ4v) is 7.22. The molecule has 0 saturated carbocycles. The molecule has 0 amide bonds. The number of pyridine rings is 1. The molecule has 0 saturated heterocycles. The molecule has 0 atom stereocenters. The normalized spacial score (nSPS) is 13.6. The topological polar surface area (TPSA) is 29.3 Å². The van der Waals surface area contributed by atoms with E-state index in [9.17, 15) is 0 Å². The lowest BCUT2D eigenvalue weighted by Crippen LogP contribution is -2.17. The zero-order chi connectivity index (χ0) is 34.0. The van der Waals surface area contributed by atoms with Crippen LogP contribution in [0.1, 0.15) is 35.3 Å². The number of nitrogens with zero attached hydrogens (tertiary/aromatic N) is 2. The van der Waals surface area contributed by atoms with Gasteiger partial charge in [-0.2, -0.15) is 0 Å². The largest absolute Gasteiger partial charge is 0.455 e. The third kappa shape index (κ3) is 5.98. The molecule has 0 fully saturated rings. The lowest BCUT2D eigenvalue weighted by molar-refractivity contribution is 0.598. The van der Waals surface area contributed by atoms with Crippen LogP contribution in [0.3, 0.4) is 0 Å². The average Bonchev–Trinajstić information content (AvgIpc) is 3.42. The molecule has 0 radical (unpaired) electrons. The Morgan fingerprint density at radius 3 is 1.90 bits per heavy atom. The van der Waals surface area contributed by atoms with Crippen LogP contribution in [0.25, 0.3) is 50.4 Å². The van der Waals surface area contributed by atoms with Crippen molar-refractivity contribution in [1.29, 1.82) is 0 Å². The number of allylic oxidation sites excluding steroid dienone is 5. The molecule has 3 heteroatoms. The lowest BCUT2D eigenvalue weighted by atomic mass is 9.89. The first-order valence-corrected chi connectivity index (χ1v) is 17.4. The van der Waals surface area contributed by atoms with Crippen LogP contribution in [-0.2, 0) is 6.42 Å². The van der Waals surface area contributed by atoms with E-state index in [1.807, 2.05) is 12.3 Å². The van der Waals surface area contributed by atoms with Gasteiger partial charge in [-0.15, -0.1) is 0 Å². The molecule has 0 bridgehead atoms. The predicted octanol–water partition coefficient (Wildman–Crippen LogP) is 12.2. The van der Waals surface area contributed by atoms with E-state index in [0.717, 1.165) is 57.8 Å². The zero-order valence-electron chi connectivity index (χ0n) is 28.1. The molecule has 5 aromatic carbocycles. The number of fused-ring (bicyclic) bond motifs is 3. The second-order valence-electron chi connectivity index (χ2n) is 12.9. The number of rotatable bonds is 7. The van der Waals surface area contributed by atoms with Gasteiger partial charge in [-0.3, -0.25) is 4.98 Å². The summed E-state index contributed by atoms with van der Waals surface area (Å²) in [4.78, 5) is 6.59. The standard InChI is InChI=1S/C48H34N2O/c1-3-10-34(11-4-1)36-18-20-38(21-19-36)39-26-28-41(29-27-39)50(42-14-9-16-44-45-30-31-49-33-48(45)51-47(44)32-42)46-17-8-7-15-43(46)40-24-22-37(23-25-40)35-12-5-2-6-13-35/h1-8,10-13,15,17-22,24,26-33H,16,23,25H2. The van der Waals surface area contributed by atoms with Gasteiger partial charge in [-0.05, 0) is 82.0 Å². The van der Waals surface area contributed by atoms with Crippen molar-refractivity contribution in [3.8, 4) is 34.1 Å². The fourth-order valence-electron chi connectivity index (χ4n) is 7.22. The predicted molar refractivity (Wildman–Crippen MR) is 211 cm³/mol. The van der Waals surface area contributed by atoms with Crippen molar-refractivity contribution < 1.29 is 4.42 Å². The second kappa shape index (κ2) is 13.3. The quantitative estimate of drug-likeness (QED) is 0.160. The van der Waals surface area contributed by atoms with Gasteiger partial charge in [0.15, 0.2) is 5.58 Å². The van der Waals surface area contributed by atoms with Gasteiger partial charge in [0.05, 0.1) is 11.9 Å². The van der Waals surface area contributed by atoms with Gasteiger partial charge < -0.3 is 9.32 Å². The molecule has 0 aliphatic heterocycles. The van der Waals surface area contributed by atoms with Crippen molar-refractivity contribution in [2.24, 2.45) is 0 Å². The highest BCUT2D eigenvalue weighted by molar-refractivity contribution is 5.90. The highest BCUT2D eigenvalue weighted by Gasteiger charge is 2.23. The van der Waals surface area contributed by atoms with Crippen molar-refractivity contribution in [2.75, 3.05) is 4.90 Å². The van der Waals surface area contributed by atoms with Crippen molar-refractivity contribution in [3.63, 3.8) is 0 Å². The summed E-state index contributed by atoms with van der Waals surface area (Å²) in [6.07, 6.45) is 12.8. The molecule has 51 heavy (non-hydrogen) atoms. The van der Waals surface area contributed by atoms with E-state index in [1.165, 1.54) is 39.0 Å². The second-order valence-corrected chi connectivity index (χ2v) is 12.9. The molecule has 2 aliphatic rings. The summed E-state index contributed by atoms with van der Waals surface area (Å²) >= 11 is 0. The Labute approximate surface area is 298 Å². The van der Waals surface area contributed by atoms with E-state index >= 15 is 0 Å². The van der Waals surface area contributed by atoms with Crippen LogP contribution in [-0.4, -0.2) is 4.98 Å². The molecule has 0 spiro atoms. The van der Waals surface area contributed by atoms with Crippen LogP contribution in [0, 0.1) is 11.8 Å². The zero-order valence-corrected chi connectivity index (χ0v) is 28.1. The Morgan fingerprint density at radius 2 is 1.20 bits per heavy atom. The minimum absolute atomic E-state index is 0.609. The smallest absolute Gasteiger partial charge is 0.153 e. The molecular formula is C48H34N2O. The van der Waals surface area contributed by atoms with E-state index in [0.29, 0.717) is 6.42 Å². The van der Waals surface area contributed by atoms with Crippen molar-refractivity contribution in [3.05, 3.63) is 192 Å². The fraction of sp³-hybridized carbons (Fsp3) is 0.0625. The van der Waals surface area contributed by atoms with Gasteiger partial charge in [-0.25, -0.2) is 0 Å². The number of aromatic nitrogens is 1. The van der Waals surface area contributed by atoms with Gasteiger partial charge in [0.2, 0.25) is 0 Å². The minimum Gasteiger partial charge on any atom is -0.455 e. The molecule has 3 nitrogen and oxygen atoms in total. The molecule has 2 heterocycles. The van der Waals surface area contributed by atoms with E-state index in [2.05, 4.69) is 173 Å². The van der Waals surface area contributed by atoms with Crippen LogP contribution in [0.4, 0.5) is 11.4 Å². The Kier molecular flexibility index (Phi) is 7.97. The lowest BCUT2D eigenvalue weighted by Gasteiger charge is -2.29. The van der Waals surface area contributed by atoms with E-state index in [1.54, 1.807) is 6.20 Å². The molecular weight excluding hydrogens is 621 g/mol. The first-order chi connectivity index (χ1) is 25.3. The molecule has 2 aromatic heterocycles. The number of hydrogen-bond acceptors (Lipinski definition) is 3. The number of hydrogen-bond donors (Lipinski definition) is 0. The number of anilines is 2. The summed E-state index contributed by atoms with van der Waals surface area (Å²) in [7, 11) is 0. The van der Waals surface area contributed by atoms with Gasteiger partial charge in [-0.1, -0.05) is 133 Å². The highest BCUT2D eigenvalue weighted by atomic mass is 16.3. The summed E-state index contributed by atoms with van der Waals surface area (Å²) in [5.74, 6) is 7.81. The summed E-state index contributed by atoms with van der Waals surface area (Å²) < 4.78 is 6.38. The molecule has 2 aliphatic carbocycles. The summed E-state index contributed by atoms with van der Waals surface area (Å²) in [5, 5.41) is 1.06. The number of benzene rings is 5. The molecule has 242 valence electrons. The summed E-state index contributed by atoms with van der Waals surface area (Å²) in [6, 6.07) is 49.5. The van der Waals surface area contributed by atoms with Crippen LogP contribution in [0.2, 0.25) is 0 Å². The molecule has 0 N–H and O–H groups in total. The van der Waals surface area contributed by atoms with E-state index in [4.69, 9.17) is 4.42 Å². The Morgan fingerprint density at radius 1 is 0.588 bits per heavy atom. The van der Waals surface area contributed by atoms with Crippen LogP contribution in [0.15, 0.2) is 174 Å². The van der Waals surface area contributed by atoms with Crippen molar-refractivity contribution in [2.45, 2.75) is 19.3 Å². The van der Waals surface area contributed by atoms with Gasteiger partial charge >= 0.3 is 0 Å². The van der Waals surface area contributed by atoms with E-state index < -0.39 is 0 Å². The maximum Gasteiger partial charge on any atom is 0.153 e. The van der Waals surface area contributed by atoms with Crippen LogP contribution in [0.5, 0.6) is 0 Å². The number of furan rings is 1. The Hall–Kier alpha value is -6.63. The SMILES string of the molecule is C1#CC(N(c2ccc(-c3ccc(-c4ccccc4)cc3)cc2)c2ccccc2C2=CC=C(c3ccccc3)CC2)=Cc2oc3cnccc3c2C1. The van der Waals surface area contributed by atoms with Crippen molar-refractivity contribution in [1.82, 2.24) is 4.98 Å². The maximum absolute atomic E-state index is 6.38. The molecule has 0 unspecified atom stereocenters. The number of para-hydroxylation sites is 1. The molecule has 7 aromatic rings. The summed E-state index contributed by atoms with van der Waals surface area (Å²) in [6.45, 7) is 0. The third-order valence-corrected chi connectivity index (χ3v) is 9.85. The molecule has 9 rings (SSSR count). The monoisotopic (exact) mass is 654 g/mol. The van der Waals surface area contributed by atoms with Gasteiger partial charge in [0.1, 0.15) is 11.5 Å². The van der Waals surface area contributed by atoms with Crippen molar-refractivity contribution >= 4 is 39.6 Å². The maximum atomic E-state index is 6.38. The Balaban J connectivity index is 1.13. The van der Waals surface area contributed by atoms with Gasteiger partial charge in [0.25, 0.3) is 0 Å². The average molecular weight is 655 g/mol. The third-order valence-electron chi connectivity index (χ3n) is 9.85. The van der Waals surface area contributed by atoms with E-state index in [-0.39, 0.29) is 0 Å². The summed E-state index contributed by atoms with van der Waals surface area (Å²) in [5.41, 5.74) is 14.8. The van der Waals surface area contributed by atoms with Gasteiger partial charge in [0, 0.05) is 40.9 Å². The Bertz CT molecular complexity index is 2520.